The molecule has 1 saturated heterocycles. The van der Waals surface area contributed by atoms with Crippen LogP contribution in [-0.2, 0) is 9.59 Å². The van der Waals surface area contributed by atoms with Crippen molar-refractivity contribution in [2.75, 3.05) is 6.54 Å². The van der Waals surface area contributed by atoms with Gasteiger partial charge in [-0.3, -0.25) is 9.59 Å². The van der Waals surface area contributed by atoms with E-state index in [1.807, 2.05) is 20.8 Å². The summed E-state index contributed by atoms with van der Waals surface area (Å²) in [5, 5.41) is 2.89. The molecule has 18 heavy (non-hydrogen) atoms. The number of rotatable bonds is 4. The fraction of sp³-hybridized carbons (Fsp3) is 0.692. The van der Waals surface area contributed by atoms with Crippen LogP contribution in [0.2, 0.25) is 0 Å². The second-order valence-electron chi connectivity index (χ2n) is 4.71. The highest BCUT2D eigenvalue weighted by Gasteiger charge is 2.43. The highest BCUT2D eigenvalue weighted by atomic mass is 35.5. The minimum atomic E-state index is -0.762. The molecule has 1 heterocycles. The van der Waals surface area contributed by atoms with Crippen molar-refractivity contribution >= 4 is 23.4 Å². The molecule has 0 spiro atoms. The number of hydrogen-bond acceptors (Lipinski definition) is 2. The molecule has 1 aliphatic heterocycles. The summed E-state index contributed by atoms with van der Waals surface area (Å²) >= 11 is 5.52. The van der Waals surface area contributed by atoms with Gasteiger partial charge in [0.2, 0.25) is 11.8 Å². The number of carbonyl (C=O) groups is 2. The molecule has 0 aromatic heterocycles. The summed E-state index contributed by atoms with van der Waals surface area (Å²) in [4.78, 5) is 26.2. The zero-order valence-corrected chi connectivity index (χ0v) is 12.0. The van der Waals surface area contributed by atoms with Gasteiger partial charge in [0, 0.05) is 24.5 Å². The molecule has 1 fully saturated rings. The molecule has 4 nitrogen and oxygen atoms in total. The minimum absolute atomic E-state index is 0.0133. The van der Waals surface area contributed by atoms with Gasteiger partial charge in [-0.15, -0.1) is 0 Å². The van der Waals surface area contributed by atoms with Crippen molar-refractivity contribution in [1.82, 2.24) is 10.2 Å². The zero-order chi connectivity index (χ0) is 13.8. The first-order valence-electron chi connectivity index (χ1n) is 6.38. The average Bonchev–Trinajstić information content (AvgIpc) is 2.43. The number of nitrogens with one attached hydrogen (secondary N) is 1. The Bertz CT molecular complexity index is 351. The quantitative estimate of drug-likeness (QED) is 0.851. The third kappa shape index (κ3) is 2.86. The van der Waals surface area contributed by atoms with Crippen LogP contribution >= 0.6 is 11.6 Å². The molecule has 1 atom stereocenters. The average molecular weight is 273 g/mol. The number of hydrogen-bond donors (Lipinski definition) is 1. The molecule has 1 N–H and O–H groups in total. The lowest BCUT2D eigenvalue weighted by atomic mass is 9.91. The molecule has 0 radical (unpaired) electrons. The van der Waals surface area contributed by atoms with Gasteiger partial charge in [0.15, 0.2) is 0 Å². The predicted octanol–water partition coefficient (Wildman–Crippen LogP) is 2.03. The third-order valence-electron chi connectivity index (χ3n) is 3.66. The lowest BCUT2D eigenvalue weighted by Crippen LogP contribution is -2.57. The molecule has 5 heteroatoms. The van der Waals surface area contributed by atoms with E-state index in [-0.39, 0.29) is 17.9 Å². The van der Waals surface area contributed by atoms with Gasteiger partial charge in [0.05, 0.1) is 0 Å². The summed E-state index contributed by atoms with van der Waals surface area (Å²) in [7, 11) is 0. The number of amides is 2. The molecule has 0 saturated carbocycles. The molecular formula is C13H21ClN2O2. The lowest BCUT2D eigenvalue weighted by Gasteiger charge is -2.35. The van der Waals surface area contributed by atoms with Gasteiger partial charge >= 0.3 is 0 Å². The predicted molar refractivity (Wildman–Crippen MR) is 72.2 cm³/mol. The smallest absolute Gasteiger partial charge is 0.248 e. The van der Waals surface area contributed by atoms with Crippen molar-refractivity contribution < 1.29 is 9.59 Å². The first-order chi connectivity index (χ1) is 8.50. The van der Waals surface area contributed by atoms with E-state index in [1.165, 1.54) is 5.54 Å². The normalized spacial score (nSPS) is 24.2. The molecular weight excluding hydrogens is 252 g/mol. The standard InChI is InChI=1S/C13H21ClN2O2/c1-4-13(5-2)12(18)16(8-6-7-14)10(3)9-11(17)15-13/h6-7,10H,4-5,8-9H2,1-3H3,(H,15,17)/b7-6+. The Hall–Kier alpha value is -1.03. The van der Waals surface area contributed by atoms with Gasteiger partial charge in [-0.2, -0.15) is 0 Å². The van der Waals surface area contributed by atoms with Crippen molar-refractivity contribution in [2.45, 2.75) is 51.6 Å². The maximum Gasteiger partial charge on any atom is 0.248 e. The Morgan fingerprint density at radius 3 is 2.56 bits per heavy atom. The first kappa shape index (κ1) is 15.0. The molecule has 2 amide bonds. The Morgan fingerprint density at radius 2 is 2.06 bits per heavy atom. The molecule has 0 bridgehead atoms. The molecule has 1 aliphatic rings. The Balaban J connectivity index is 3.08. The second-order valence-corrected chi connectivity index (χ2v) is 4.96. The minimum Gasteiger partial charge on any atom is -0.342 e. The summed E-state index contributed by atoms with van der Waals surface area (Å²) in [6.07, 6.45) is 3.26. The summed E-state index contributed by atoms with van der Waals surface area (Å²) in [6.45, 7) is 6.18. The van der Waals surface area contributed by atoms with Crippen molar-refractivity contribution in [3.05, 3.63) is 11.6 Å². The topological polar surface area (TPSA) is 49.4 Å². The highest BCUT2D eigenvalue weighted by Crippen LogP contribution is 2.24. The Morgan fingerprint density at radius 1 is 1.44 bits per heavy atom. The van der Waals surface area contributed by atoms with Crippen LogP contribution in [0.1, 0.15) is 40.0 Å². The second kappa shape index (κ2) is 6.23. The maximum absolute atomic E-state index is 12.6. The van der Waals surface area contributed by atoms with E-state index in [0.717, 1.165) is 0 Å². The van der Waals surface area contributed by atoms with Crippen molar-refractivity contribution in [3.8, 4) is 0 Å². The van der Waals surface area contributed by atoms with Gasteiger partial charge in [0.1, 0.15) is 5.54 Å². The third-order valence-corrected chi connectivity index (χ3v) is 3.84. The van der Waals surface area contributed by atoms with Crippen LogP contribution in [0.5, 0.6) is 0 Å². The number of nitrogens with zero attached hydrogens (tertiary/aromatic N) is 1. The first-order valence-corrected chi connectivity index (χ1v) is 6.81. The summed E-state index contributed by atoms with van der Waals surface area (Å²) < 4.78 is 0. The lowest BCUT2D eigenvalue weighted by molar-refractivity contribution is -0.140. The van der Waals surface area contributed by atoms with E-state index in [1.54, 1.807) is 11.0 Å². The molecule has 1 unspecified atom stereocenters. The van der Waals surface area contributed by atoms with Crippen LogP contribution < -0.4 is 5.32 Å². The monoisotopic (exact) mass is 272 g/mol. The van der Waals surface area contributed by atoms with Gasteiger partial charge in [-0.05, 0) is 19.8 Å². The van der Waals surface area contributed by atoms with Crippen LogP contribution in [0.3, 0.4) is 0 Å². The molecule has 1 rings (SSSR count). The van der Waals surface area contributed by atoms with Crippen LogP contribution in [0.15, 0.2) is 11.6 Å². The van der Waals surface area contributed by atoms with E-state index >= 15 is 0 Å². The van der Waals surface area contributed by atoms with Gasteiger partial charge in [0.25, 0.3) is 0 Å². The van der Waals surface area contributed by atoms with Crippen LogP contribution in [-0.4, -0.2) is 34.8 Å². The van der Waals surface area contributed by atoms with Gasteiger partial charge in [-0.25, -0.2) is 0 Å². The van der Waals surface area contributed by atoms with E-state index < -0.39 is 5.54 Å². The van der Waals surface area contributed by atoms with E-state index in [9.17, 15) is 9.59 Å². The molecule has 0 aliphatic carbocycles. The van der Waals surface area contributed by atoms with Gasteiger partial charge < -0.3 is 10.2 Å². The fourth-order valence-corrected chi connectivity index (χ4v) is 2.45. The fourth-order valence-electron chi connectivity index (χ4n) is 2.37. The van der Waals surface area contributed by atoms with Crippen molar-refractivity contribution in [2.24, 2.45) is 0 Å². The van der Waals surface area contributed by atoms with Gasteiger partial charge in [-0.1, -0.05) is 31.5 Å². The van der Waals surface area contributed by atoms with Crippen molar-refractivity contribution in [3.63, 3.8) is 0 Å². The number of carbonyl (C=O) groups excluding carboxylic acids is 2. The highest BCUT2D eigenvalue weighted by molar-refractivity contribution is 6.25. The number of halogens is 1. The van der Waals surface area contributed by atoms with E-state index in [0.29, 0.717) is 25.8 Å². The SMILES string of the molecule is CCC1(CC)NC(=O)CC(C)N(C/C=C/Cl)C1=O. The summed E-state index contributed by atoms with van der Waals surface area (Å²) in [6, 6.07) is -0.106. The molecule has 0 aromatic rings. The largest absolute Gasteiger partial charge is 0.342 e. The van der Waals surface area contributed by atoms with Crippen LogP contribution in [0.25, 0.3) is 0 Å². The molecule has 102 valence electrons. The van der Waals surface area contributed by atoms with Crippen LogP contribution in [0, 0.1) is 0 Å². The molecule has 0 aromatic carbocycles. The summed E-state index contributed by atoms with van der Waals surface area (Å²) in [5.41, 5.74) is 0.641. The zero-order valence-electron chi connectivity index (χ0n) is 11.2. The maximum atomic E-state index is 12.6. The Kier molecular flexibility index (Phi) is 5.20. The summed E-state index contributed by atoms with van der Waals surface area (Å²) in [5.74, 6) is -0.0717. The van der Waals surface area contributed by atoms with E-state index in [4.69, 9.17) is 11.6 Å². The van der Waals surface area contributed by atoms with E-state index in [2.05, 4.69) is 5.32 Å². The Labute approximate surface area is 113 Å². The van der Waals surface area contributed by atoms with Crippen molar-refractivity contribution in [1.29, 1.82) is 0 Å². The van der Waals surface area contributed by atoms with Crippen LogP contribution in [0.4, 0.5) is 0 Å².